The molecule has 1 aromatic rings. The van der Waals surface area contributed by atoms with Gasteiger partial charge in [0.1, 0.15) is 6.04 Å². The number of hydrogen-bond donors (Lipinski definition) is 0. The Kier molecular flexibility index (Phi) is 5.09. The smallest absolute Gasteiger partial charge is 0.328 e. The molecule has 108 valence electrons. The van der Waals surface area contributed by atoms with Crippen LogP contribution in [0.4, 0.5) is 0 Å². The van der Waals surface area contributed by atoms with Gasteiger partial charge in [-0.1, -0.05) is 0 Å². The van der Waals surface area contributed by atoms with E-state index < -0.39 is 6.04 Å². The fourth-order valence-corrected chi connectivity index (χ4v) is 2.56. The molecule has 2 rings (SSSR count). The van der Waals surface area contributed by atoms with Crippen molar-refractivity contribution in [3.05, 3.63) is 30.1 Å². The van der Waals surface area contributed by atoms with Crippen LogP contribution in [0.2, 0.25) is 0 Å². The summed E-state index contributed by atoms with van der Waals surface area (Å²) < 4.78 is 4.79. The van der Waals surface area contributed by atoms with Gasteiger partial charge in [-0.05, 0) is 43.4 Å². The lowest BCUT2D eigenvalue weighted by Crippen LogP contribution is -2.48. The van der Waals surface area contributed by atoms with E-state index in [4.69, 9.17) is 4.74 Å². The third kappa shape index (κ3) is 3.56. The zero-order valence-corrected chi connectivity index (χ0v) is 11.7. The Morgan fingerprint density at radius 2 is 2.10 bits per heavy atom. The number of aromatic nitrogens is 1. The molecule has 1 unspecified atom stereocenters. The maximum absolute atomic E-state index is 12.3. The van der Waals surface area contributed by atoms with Crippen LogP contribution in [0.25, 0.3) is 0 Å². The van der Waals surface area contributed by atoms with Crippen molar-refractivity contribution >= 4 is 11.9 Å². The minimum absolute atomic E-state index is 0.0249. The lowest BCUT2D eigenvalue weighted by molar-refractivity contribution is -0.154. The minimum atomic E-state index is -0.404. The summed E-state index contributed by atoms with van der Waals surface area (Å²) in [6, 6.07) is 3.40. The summed E-state index contributed by atoms with van der Waals surface area (Å²) in [5.74, 6) is -0.279. The van der Waals surface area contributed by atoms with Crippen molar-refractivity contribution in [2.24, 2.45) is 0 Å². The van der Waals surface area contributed by atoms with Crippen molar-refractivity contribution in [1.29, 1.82) is 0 Å². The molecule has 20 heavy (non-hydrogen) atoms. The number of aryl methyl sites for hydroxylation is 1. The van der Waals surface area contributed by atoms with Gasteiger partial charge in [-0.25, -0.2) is 4.79 Å². The first kappa shape index (κ1) is 14.5. The van der Waals surface area contributed by atoms with E-state index in [9.17, 15) is 9.59 Å². The third-order valence-corrected chi connectivity index (χ3v) is 3.67. The number of pyridine rings is 1. The van der Waals surface area contributed by atoms with Crippen molar-refractivity contribution in [3.63, 3.8) is 0 Å². The van der Waals surface area contributed by atoms with Gasteiger partial charge in [-0.3, -0.25) is 9.78 Å². The van der Waals surface area contributed by atoms with Crippen LogP contribution in [-0.2, 0) is 20.7 Å². The van der Waals surface area contributed by atoms with Gasteiger partial charge in [0.2, 0.25) is 5.91 Å². The summed E-state index contributed by atoms with van der Waals surface area (Å²) in [7, 11) is 1.37. The number of ether oxygens (including phenoxy) is 1. The van der Waals surface area contributed by atoms with Gasteiger partial charge in [0, 0.05) is 25.4 Å². The maximum Gasteiger partial charge on any atom is 0.328 e. The third-order valence-electron chi connectivity index (χ3n) is 3.67. The molecule has 1 aliphatic rings. The van der Waals surface area contributed by atoms with Crippen molar-refractivity contribution < 1.29 is 14.3 Å². The number of methoxy groups -OCH3 is 1. The van der Waals surface area contributed by atoms with Gasteiger partial charge >= 0.3 is 5.97 Å². The zero-order valence-electron chi connectivity index (χ0n) is 11.7. The predicted molar refractivity (Wildman–Crippen MR) is 73.9 cm³/mol. The summed E-state index contributed by atoms with van der Waals surface area (Å²) in [5.41, 5.74) is 1.08. The number of carbonyl (C=O) groups is 2. The Morgan fingerprint density at radius 3 is 2.80 bits per heavy atom. The highest BCUT2D eigenvalue weighted by atomic mass is 16.5. The second-order valence-corrected chi connectivity index (χ2v) is 4.98. The van der Waals surface area contributed by atoms with Gasteiger partial charge in [0.15, 0.2) is 0 Å². The average Bonchev–Trinajstić information content (AvgIpc) is 2.52. The lowest BCUT2D eigenvalue weighted by Gasteiger charge is -2.33. The van der Waals surface area contributed by atoms with Gasteiger partial charge in [0.05, 0.1) is 7.11 Å². The molecule has 1 amide bonds. The number of hydrogen-bond acceptors (Lipinski definition) is 4. The van der Waals surface area contributed by atoms with Crippen molar-refractivity contribution in [2.45, 2.75) is 38.1 Å². The highest BCUT2D eigenvalue weighted by Gasteiger charge is 2.32. The molecule has 1 aliphatic heterocycles. The molecule has 0 radical (unpaired) electrons. The zero-order chi connectivity index (χ0) is 14.4. The summed E-state index contributed by atoms with van der Waals surface area (Å²) in [6.07, 6.45) is 7.15. The van der Waals surface area contributed by atoms with Crippen LogP contribution in [0.1, 0.15) is 31.2 Å². The Bertz CT molecular complexity index is 461. The first-order valence-electron chi connectivity index (χ1n) is 6.98. The van der Waals surface area contributed by atoms with Gasteiger partial charge in [-0.2, -0.15) is 0 Å². The summed E-state index contributed by atoms with van der Waals surface area (Å²) >= 11 is 0. The minimum Gasteiger partial charge on any atom is -0.467 e. The fourth-order valence-electron chi connectivity index (χ4n) is 2.56. The average molecular weight is 276 g/mol. The molecular weight excluding hydrogens is 256 g/mol. The highest BCUT2D eigenvalue weighted by Crippen LogP contribution is 2.19. The molecule has 0 bridgehead atoms. The van der Waals surface area contributed by atoms with Crippen LogP contribution in [0.5, 0.6) is 0 Å². The first-order chi connectivity index (χ1) is 9.72. The van der Waals surface area contributed by atoms with Gasteiger partial charge < -0.3 is 9.64 Å². The lowest BCUT2D eigenvalue weighted by atomic mass is 10.0. The molecule has 0 aliphatic carbocycles. The maximum atomic E-state index is 12.3. The summed E-state index contributed by atoms with van der Waals surface area (Å²) in [6.45, 7) is 0.648. The molecule has 1 atom stereocenters. The van der Waals surface area contributed by atoms with Gasteiger partial charge in [-0.15, -0.1) is 0 Å². The molecule has 2 heterocycles. The molecule has 0 aromatic carbocycles. The van der Waals surface area contributed by atoms with Crippen molar-refractivity contribution in [2.75, 3.05) is 13.7 Å². The number of amides is 1. The van der Waals surface area contributed by atoms with E-state index >= 15 is 0 Å². The van der Waals surface area contributed by atoms with Crippen LogP contribution >= 0.6 is 0 Å². The fraction of sp³-hybridized carbons (Fsp3) is 0.533. The normalized spacial score (nSPS) is 18.6. The number of likely N-dealkylation sites (tertiary alicyclic amines) is 1. The number of rotatable bonds is 4. The Hall–Kier alpha value is -1.91. The summed E-state index contributed by atoms with van der Waals surface area (Å²) in [4.78, 5) is 29.7. The molecule has 5 nitrogen and oxygen atoms in total. The number of piperidine rings is 1. The molecule has 1 fully saturated rings. The number of nitrogens with zero attached hydrogens (tertiary/aromatic N) is 2. The number of carbonyl (C=O) groups excluding carboxylic acids is 2. The second kappa shape index (κ2) is 7.03. The van der Waals surface area contributed by atoms with E-state index in [1.54, 1.807) is 17.3 Å². The molecule has 0 saturated carbocycles. The van der Waals surface area contributed by atoms with E-state index in [1.165, 1.54) is 7.11 Å². The molecule has 0 spiro atoms. The predicted octanol–water partition coefficient (Wildman–Crippen LogP) is 1.57. The molecule has 0 N–H and O–H groups in total. The Balaban J connectivity index is 1.94. The number of esters is 1. The van der Waals surface area contributed by atoms with Crippen LogP contribution in [0.3, 0.4) is 0 Å². The largest absolute Gasteiger partial charge is 0.467 e. The van der Waals surface area contributed by atoms with Crippen LogP contribution < -0.4 is 0 Å². The monoisotopic (exact) mass is 276 g/mol. The topological polar surface area (TPSA) is 59.5 Å². The molecular formula is C15H20N2O3. The van der Waals surface area contributed by atoms with E-state index in [0.29, 0.717) is 25.8 Å². The van der Waals surface area contributed by atoms with Crippen molar-refractivity contribution in [3.8, 4) is 0 Å². The SMILES string of the molecule is COC(=O)C1CCCCN1C(=O)CCc1ccncc1. The van der Waals surface area contributed by atoms with E-state index in [-0.39, 0.29) is 11.9 Å². The molecule has 5 heteroatoms. The van der Waals surface area contributed by atoms with Crippen LogP contribution in [-0.4, -0.2) is 41.5 Å². The van der Waals surface area contributed by atoms with Crippen molar-refractivity contribution in [1.82, 2.24) is 9.88 Å². The second-order valence-electron chi connectivity index (χ2n) is 4.98. The summed E-state index contributed by atoms with van der Waals surface area (Å²) in [5, 5.41) is 0. The van der Waals surface area contributed by atoms with Crippen LogP contribution in [0, 0.1) is 0 Å². The first-order valence-corrected chi connectivity index (χ1v) is 6.98. The highest BCUT2D eigenvalue weighted by molar-refractivity contribution is 5.84. The van der Waals surface area contributed by atoms with Gasteiger partial charge in [0.25, 0.3) is 0 Å². The molecule has 1 saturated heterocycles. The van der Waals surface area contributed by atoms with E-state index in [1.807, 2.05) is 12.1 Å². The van der Waals surface area contributed by atoms with E-state index in [2.05, 4.69) is 4.98 Å². The quantitative estimate of drug-likeness (QED) is 0.783. The molecule has 1 aromatic heterocycles. The Morgan fingerprint density at radius 1 is 1.35 bits per heavy atom. The Labute approximate surface area is 118 Å². The van der Waals surface area contributed by atoms with E-state index in [0.717, 1.165) is 18.4 Å². The standard InChI is InChI=1S/C15H20N2O3/c1-20-15(19)13-4-2-3-11-17(13)14(18)6-5-12-7-9-16-10-8-12/h7-10,13H,2-6,11H2,1H3. The van der Waals surface area contributed by atoms with Crippen LogP contribution in [0.15, 0.2) is 24.5 Å².